The van der Waals surface area contributed by atoms with Gasteiger partial charge >= 0.3 is 17.9 Å². The zero-order valence-electron chi connectivity index (χ0n) is 17.4. The molecule has 11 N–H and O–H groups in total. The number of aliphatic hydroxyl groups is 1. The number of nitrogens with one attached hydrogen (secondary N) is 3. The number of hydrogen-bond donors (Lipinski definition) is 9. The van der Waals surface area contributed by atoms with Gasteiger partial charge in [-0.1, -0.05) is 0 Å². The molecule has 0 saturated heterocycles. The first-order valence-electron chi connectivity index (χ1n) is 9.50. The number of primary amides is 1. The highest BCUT2D eigenvalue weighted by atomic mass is 16.4. The van der Waals surface area contributed by atoms with Crippen molar-refractivity contribution in [1.29, 1.82) is 0 Å². The number of carboxylic acid groups (broad SMARTS) is 3. The lowest BCUT2D eigenvalue weighted by atomic mass is 10.1. The number of aliphatic hydroxyl groups excluding tert-OH is 1. The van der Waals surface area contributed by atoms with Gasteiger partial charge in [-0.15, -0.1) is 0 Å². The minimum Gasteiger partial charge on any atom is -0.481 e. The van der Waals surface area contributed by atoms with Gasteiger partial charge in [-0.25, -0.2) is 4.79 Å². The molecule has 0 fully saturated rings. The number of carbonyl (C=O) groups excluding carboxylic acids is 4. The fraction of sp³-hybridized carbons (Fsp3) is 0.588. The van der Waals surface area contributed by atoms with Crippen LogP contribution >= 0.6 is 0 Å². The molecule has 16 nitrogen and oxygen atoms in total. The molecule has 0 saturated carbocycles. The highest BCUT2D eigenvalue weighted by Gasteiger charge is 2.30. The van der Waals surface area contributed by atoms with Crippen LogP contribution in [0.15, 0.2) is 0 Å². The molecule has 0 spiro atoms. The summed E-state index contributed by atoms with van der Waals surface area (Å²) in [6.07, 6.45) is -2.61. The van der Waals surface area contributed by atoms with Gasteiger partial charge in [0, 0.05) is 12.8 Å². The molecule has 4 amide bonds. The van der Waals surface area contributed by atoms with Crippen molar-refractivity contribution in [3.63, 3.8) is 0 Å². The Hall–Kier alpha value is -3.79. The topological polar surface area (TPSA) is 289 Å². The van der Waals surface area contributed by atoms with E-state index in [1.807, 2.05) is 10.6 Å². The Bertz CT molecular complexity index is 772. The van der Waals surface area contributed by atoms with Gasteiger partial charge < -0.3 is 47.8 Å². The average molecular weight is 477 g/mol. The van der Waals surface area contributed by atoms with Crippen molar-refractivity contribution >= 4 is 41.5 Å². The number of nitrogens with two attached hydrogens (primary N) is 2. The maximum atomic E-state index is 12.5. The summed E-state index contributed by atoms with van der Waals surface area (Å²) in [6, 6.07) is -6.39. The predicted molar refractivity (Wildman–Crippen MR) is 106 cm³/mol. The molecule has 0 heterocycles. The molecule has 0 bridgehead atoms. The minimum absolute atomic E-state index is 0.368. The summed E-state index contributed by atoms with van der Waals surface area (Å²) in [6.45, 7) is -0.985. The van der Waals surface area contributed by atoms with E-state index in [-0.39, 0.29) is 12.8 Å². The zero-order valence-corrected chi connectivity index (χ0v) is 17.4. The maximum Gasteiger partial charge on any atom is 0.326 e. The van der Waals surface area contributed by atoms with E-state index in [1.165, 1.54) is 0 Å². The Balaban J connectivity index is 5.36. The van der Waals surface area contributed by atoms with Crippen molar-refractivity contribution in [1.82, 2.24) is 16.0 Å². The van der Waals surface area contributed by atoms with Crippen LogP contribution in [0.2, 0.25) is 0 Å². The molecule has 33 heavy (non-hydrogen) atoms. The van der Waals surface area contributed by atoms with Gasteiger partial charge in [-0.2, -0.15) is 0 Å². The molecule has 0 aromatic heterocycles. The second kappa shape index (κ2) is 14.3. The molecule has 16 heteroatoms. The number of carboxylic acids is 3. The molecule has 0 aromatic rings. The van der Waals surface area contributed by atoms with Crippen LogP contribution in [0, 0.1) is 0 Å². The summed E-state index contributed by atoms with van der Waals surface area (Å²) >= 11 is 0. The molecule has 4 unspecified atom stereocenters. The summed E-state index contributed by atoms with van der Waals surface area (Å²) in [5.41, 5.74) is 10.3. The van der Waals surface area contributed by atoms with E-state index in [4.69, 9.17) is 21.7 Å². The summed E-state index contributed by atoms with van der Waals surface area (Å²) in [7, 11) is 0. The van der Waals surface area contributed by atoms with E-state index in [2.05, 4.69) is 5.32 Å². The van der Waals surface area contributed by atoms with Crippen molar-refractivity contribution in [2.45, 2.75) is 56.3 Å². The molecule has 0 aromatic carbocycles. The summed E-state index contributed by atoms with van der Waals surface area (Å²) < 4.78 is 0. The van der Waals surface area contributed by atoms with Gasteiger partial charge in [0.05, 0.1) is 19.1 Å². The third-order valence-corrected chi connectivity index (χ3v) is 4.12. The van der Waals surface area contributed by atoms with Crippen molar-refractivity contribution in [3.8, 4) is 0 Å². The number of hydrogen-bond acceptors (Lipinski definition) is 9. The largest absolute Gasteiger partial charge is 0.481 e. The summed E-state index contributed by atoms with van der Waals surface area (Å²) in [4.78, 5) is 80.4. The van der Waals surface area contributed by atoms with Crippen LogP contribution in [0.4, 0.5) is 0 Å². The Morgan fingerprint density at radius 2 is 1.18 bits per heavy atom. The molecule has 0 aliphatic heterocycles. The lowest BCUT2D eigenvalue weighted by Gasteiger charge is -2.24. The molecule has 0 aliphatic carbocycles. The van der Waals surface area contributed by atoms with Crippen LogP contribution in [0.3, 0.4) is 0 Å². The van der Waals surface area contributed by atoms with Gasteiger partial charge in [0.15, 0.2) is 0 Å². The second-order valence-corrected chi connectivity index (χ2v) is 6.85. The van der Waals surface area contributed by atoms with Crippen LogP contribution in [0.1, 0.15) is 32.1 Å². The number of amides is 4. The number of carbonyl (C=O) groups is 7. The van der Waals surface area contributed by atoms with Crippen LogP contribution in [0.25, 0.3) is 0 Å². The number of rotatable bonds is 16. The maximum absolute atomic E-state index is 12.5. The molecular weight excluding hydrogens is 450 g/mol. The lowest BCUT2D eigenvalue weighted by molar-refractivity contribution is -0.143. The predicted octanol–water partition coefficient (Wildman–Crippen LogP) is -4.55. The third kappa shape index (κ3) is 12.0. The SMILES string of the molecule is NC(=O)CCC(NC(=O)C(CCC(=O)O)NC(=O)C(CO)NC(=O)C(N)CC(=O)O)C(=O)O. The average Bonchev–Trinajstić information content (AvgIpc) is 2.70. The zero-order chi connectivity index (χ0) is 25.7. The molecule has 4 atom stereocenters. The van der Waals surface area contributed by atoms with E-state index < -0.39 is 91.6 Å². The van der Waals surface area contributed by atoms with Crippen molar-refractivity contribution in [2.24, 2.45) is 11.5 Å². The molecule has 0 aliphatic rings. The first-order valence-corrected chi connectivity index (χ1v) is 9.50. The molecule has 186 valence electrons. The van der Waals surface area contributed by atoms with E-state index in [9.17, 15) is 43.8 Å². The van der Waals surface area contributed by atoms with E-state index in [0.29, 0.717) is 0 Å². The fourth-order valence-electron chi connectivity index (χ4n) is 2.38. The van der Waals surface area contributed by atoms with Gasteiger partial charge in [-0.3, -0.25) is 28.8 Å². The lowest BCUT2D eigenvalue weighted by Crippen LogP contribution is -2.58. The van der Waals surface area contributed by atoms with E-state index in [1.54, 1.807) is 0 Å². The Morgan fingerprint density at radius 3 is 1.64 bits per heavy atom. The minimum atomic E-state index is -1.68. The molecular formula is C17H27N5O11. The quantitative estimate of drug-likeness (QED) is 0.101. The second-order valence-electron chi connectivity index (χ2n) is 6.85. The monoisotopic (exact) mass is 477 g/mol. The standard InChI is InChI=1S/C17H27N5O11/c18-7(5-13(27)28)14(29)22-10(6-23)16(31)20-8(2-4-12(25)26)15(30)21-9(17(32)33)1-3-11(19)24/h7-10,23H,1-6,18H2,(H2,19,24)(H,20,31)(H,21,30)(H,22,29)(H,25,26)(H,27,28)(H,32,33). The highest BCUT2D eigenvalue weighted by Crippen LogP contribution is 2.04. The van der Waals surface area contributed by atoms with Gasteiger partial charge in [0.2, 0.25) is 23.6 Å². The van der Waals surface area contributed by atoms with Crippen molar-refractivity contribution in [2.75, 3.05) is 6.61 Å². The molecule has 0 rings (SSSR count). The van der Waals surface area contributed by atoms with Crippen LogP contribution in [-0.2, 0) is 33.6 Å². The van der Waals surface area contributed by atoms with E-state index >= 15 is 0 Å². The normalized spacial score (nSPS) is 14.1. The molecule has 0 radical (unpaired) electrons. The van der Waals surface area contributed by atoms with Crippen molar-refractivity contribution in [3.05, 3.63) is 0 Å². The first kappa shape index (κ1) is 29.2. The van der Waals surface area contributed by atoms with Gasteiger partial charge in [0.1, 0.15) is 18.1 Å². The third-order valence-electron chi connectivity index (χ3n) is 4.12. The van der Waals surface area contributed by atoms with Crippen LogP contribution in [-0.4, -0.2) is 92.7 Å². The van der Waals surface area contributed by atoms with Crippen LogP contribution in [0.5, 0.6) is 0 Å². The van der Waals surface area contributed by atoms with Gasteiger partial charge in [0.25, 0.3) is 0 Å². The van der Waals surface area contributed by atoms with Gasteiger partial charge in [-0.05, 0) is 12.8 Å². The smallest absolute Gasteiger partial charge is 0.326 e. The van der Waals surface area contributed by atoms with Crippen molar-refractivity contribution < 1.29 is 54.0 Å². The summed E-state index contributed by atoms with van der Waals surface area (Å²) in [5.74, 6) is -8.41. The fourth-order valence-corrected chi connectivity index (χ4v) is 2.38. The Labute approximate surface area is 186 Å². The van der Waals surface area contributed by atoms with E-state index in [0.717, 1.165) is 0 Å². The first-order chi connectivity index (χ1) is 15.3. The Morgan fingerprint density at radius 1 is 0.697 bits per heavy atom. The highest BCUT2D eigenvalue weighted by molar-refractivity contribution is 5.95. The van der Waals surface area contributed by atoms with Crippen LogP contribution < -0.4 is 27.4 Å². The number of aliphatic carboxylic acids is 3. The summed E-state index contributed by atoms with van der Waals surface area (Å²) in [5, 5.41) is 42.2. The Kier molecular flexibility index (Phi) is 12.7.